The number of H-pyrrole nitrogens is 1. The normalized spacial score (nSPS) is 16.9. The van der Waals surface area contributed by atoms with E-state index in [-0.39, 0.29) is 44.4 Å². The highest BCUT2D eigenvalue weighted by Gasteiger charge is 2.51. The molecule has 0 amide bonds. The van der Waals surface area contributed by atoms with E-state index in [4.69, 9.17) is 18.5 Å². The van der Waals surface area contributed by atoms with Gasteiger partial charge >= 0.3 is 19.7 Å². The quantitative estimate of drug-likeness (QED) is 0.399. The molecule has 1 atom stereocenters. The number of rotatable bonds is 10. The molecule has 2 aromatic heterocycles. The van der Waals surface area contributed by atoms with Crippen molar-refractivity contribution in [1.82, 2.24) is 25.6 Å². The summed E-state index contributed by atoms with van der Waals surface area (Å²) in [5.74, 6) is -0.914. The molecule has 176 valence electrons. The van der Waals surface area contributed by atoms with Gasteiger partial charge in [-0.15, -0.1) is 10.2 Å². The largest absolute Gasteiger partial charge is 0.447 e. The van der Waals surface area contributed by atoms with Gasteiger partial charge in [-0.25, -0.2) is 0 Å². The van der Waals surface area contributed by atoms with Gasteiger partial charge in [-0.3, -0.25) is 14.3 Å². The van der Waals surface area contributed by atoms with Gasteiger partial charge in [-0.05, 0) is 26.0 Å². The Bertz CT molecular complexity index is 943. The highest BCUT2D eigenvalue weighted by Crippen LogP contribution is 2.55. The predicted molar refractivity (Wildman–Crippen MR) is 100 cm³/mol. The lowest BCUT2D eigenvalue weighted by Crippen LogP contribution is -2.52. The minimum atomic E-state index is -4.57. The monoisotopic (exact) mass is 479 g/mol. The predicted octanol–water partition coefficient (Wildman–Crippen LogP) is 2.26. The van der Waals surface area contributed by atoms with E-state index in [1.165, 1.54) is 0 Å². The number of ether oxygens (including phenoxy) is 2. The Kier molecular flexibility index (Phi) is 7.28. The minimum Gasteiger partial charge on any atom is -0.447 e. The Morgan fingerprint density at radius 2 is 1.97 bits per heavy atom. The standard InChI is InChI=1S/C17H21F3N5O6P/c1-3-29-32(27,30-4-2)12(7-14-22-24-25-23-14)15(26)31-16(9-28-10-16)13-6-5-11(8-21-13)17(18,19)20/h5-6,8,12H,3-4,7,9-10H2,1-2H3,(H,22,23,24,25). The Morgan fingerprint density at radius 3 is 2.41 bits per heavy atom. The zero-order chi connectivity index (χ0) is 23.4. The molecule has 0 aromatic carbocycles. The number of pyridine rings is 1. The van der Waals surface area contributed by atoms with E-state index in [0.717, 1.165) is 12.1 Å². The second-order valence-electron chi connectivity index (χ2n) is 6.76. The fourth-order valence-electron chi connectivity index (χ4n) is 2.98. The van der Waals surface area contributed by atoms with Gasteiger partial charge in [-0.1, -0.05) is 5.21 Å². The van der Waals surface area contributed by atoms with Crippen molar-refractivity contribution in [1.29, 1.82) is 0 Å². The first kappa shape index (κ1) is 24.2. The number of alkyl halides is 3. The summed E-state index contributed by atoms with van der Waals surface area (Å²) in [6.45, 7) is 2.86. The van der Waals surface area contributed by atoms with Gasteiger partial charge in [0, 0.05) is 12.6 Å². The summed E-state index contributed by atoms with van der Waals surface area (Å²) in [5.41, 5.74) is -3.78. The van der Waals surface area contributed by atoms with E-state index in [1.54, 1.807) is 13.8 Å². The van der Waals surface area contributed by atoms with Crippen LogP contribution in [0, 0.1) is 0 Å². The van der Waals surface area contributed by atoms with Crippen molar-refractivity contribution in [2.75, 3.05) is 26.4 Å². The van der Waals surface area contributed by atoms with Crippen LogP contribution in [0.4, 0.5) is 13.2 Å². The van der Waals surface area contributed by atoms with Crippen LogP contribution in [0.2, 0.25) is 0 Å². The van der Waals surface area contributed by atoms with Crippen LogP contribution in [-0.4, -0.2) is 63.7 Å². The summed E-state index contributed by atoms with van der Waals surface area (Å²) >= 11 is 0. The molecule has 1 unspecified atom stereocenters. The van der Waals surface area contributed by atoms with Crippen molar-refractivity contribution >= 4 is 13.6 Å². The molecule has 32 heavy (non-hydrogen) atoms. The fraction of sp³-hybridized carbons (Fsp3) is 0.588. The van der Waals surface area contributed by atoms with Crippen LogP contribution < -0.4 is 0 Å². The number of nitrogens with one attached hydrogen (secondary N) is 1. The Morgan fingerprint density at radius 1 is 1.28 bits per heavy atom. The van der Waals surface area contributed by atoms with Crippen molar-refractivity contribution in [3.05, 3.63) is 35.4 Å². The molecule has 3 heterocycles. The molecule has 1 aliphatic heterocycles. The van der Waals surface area contributed by atoms with Crippen LogP contribution in [0.5, 0.6) is 0 Å². The van der Waals surface area contributed by atoms with Crippen molar-refractivity contribution in [2.24, 2.45) is 0 Å². The molecule has 0 spiro atoms. The third-order valence-electron chi connectivity index (χ3n) is 4.56. The molecule has 0 radical (unpaired) electrons. The number of aromatic amines is 1. The van der Waals surface area contributed by atoms with Gasteiger partial charge in [0.05, 0.1) is 37.7 Å². The molecule has 0 bridgehead atoms. The lowest BCUT2D eigenvalue weighted by atomic mass is 9.96. The van der Waals surface area contributed by atoms with Gasteiger partial charge in [0.2, 0.25) is 0 Å². The van der Waals surface area contributed by atoms with Crippen LogP contribution in [0.3, 0.4) is 0 Å². The summed E-state index contributed by atoms with van der Waals surface area (Å²) in [4.78, 5) is 17.0. The van der Waals surface area contributed by atoms with Crippen molar-refractivity contribution in [3.8, 4) is 0 Å². The molecule has 2 aromatic rings. The van der Waals surface area contributed by atoms with Crippen molar-refractivity contribution < 1.29 is 41.1 Å². The first-order valence-electron chi connectivity index (χ1n) is 9.59. The highest BCUT2D eigenvalue weighted by molar-refractivity contribution is 7.55. The van der Waals surface area contributed by atoms with Crippen LogP contribution in [0.25, 0.3) is 0 Å². The van der Waals surface area contributed by atoms with Gasteiger partial charge in [0.1, 0.15) is 0 Å². The van der Waals surface area contributed by atoms with E-state index >= 15 is 0 Å². The Labute approximate surface area is 180 Å². The zero-order valence-corrected chi connectivity index (χ0v) is 18.1. The summed E-state index contributed by atoms with van der Waals surface area (Å²) in [6.07, 6.45) is -4.20. The molecule has 15 heteroatoms. The number of halogens is 3. The molecule has 1 saturated heterocycles. The molecule has 3 rings (SSSR count). The van der Waals surface area contributed by atoms with Crippen LogP contribution >= 0.6 is 7.60 Å². The Hall–Kier alpha value is -2.41. The molecule has 1 fully saturated rings. The molecule has 1 aliphatic rings. The molecule has 1 N–H and O–H groups in total. The van der Waals surface area contributed by atoms with E-state index in [2.05, 4.69) is 25.6 Å². The molecule has 0 aliphatic carbocycles. The summed E-state index contributed by atoms with van der Waals surface area (Å²) in [5, 5.41) is 13.2. The number of carbonyl (C=O) groups is 1. The van der Waals surface area contributed by atoms with E-state index < -0.39 is 36.6 Å². The first-order valence-corrected chi connectivity index (χ1v) is 11.2. The highest BCUT2D eigenvalue weighted by atomic mass is 31.2. The second kappa shape index (κ2) is 9.61. The lowest BCUT2D eigenvalue weighted by molar-refractivity contribution is -0.219. The van der Waals surface area contributed by atoms with E-state index in [1.807, 2.05) is 0 Å². The number of esters is 1. The number of tetrazole rings is 1. The number of hydrogen-bond donors (Lipinski definition) is 1. The maximum atomic E-state index is 13.4. The summed E-state index contributed by atoms with van der Waals surface area (Å²) < 4.78 is 73.3. The van der Waals surface area contributed by atoms with E-state index in [0.29, 0.717) is 6.20 Å². The number of hydrogen-bond acceptors (Lipinski definition) is 10. The van der Waals surface area contributed by atoms with Crippen LogP contribution in [0.1, 0.15) is 30.9 Å². The SMILES string of the molecule is CCOP(=O)(OCC)C(Cc1nn[nH]n1)C(=O)OC1(c2ccc(C(F)(F)F)cn2)COC1. The zero-order valence-electron chi connectivity index (χ0n) is 17.2. The third kappa shape index (κ3) is 5.14. The fourth-order valence-corrected chi connectivity index (χ4v) is 4.83. The van der Waals surface area contributed by atoms with Crippen molar-refractivity contribution in [2.45, 2.75) is 37.7 Å². The number of carbonyl (C=O) groups excluding carboxylic acids is 1. The number of aromatic nitrogens is 5. The third-order valence-corrected chi connectivity index (χ3v) is 6.95. The lowest BCUT2D eigenvalue weighted by Gasteiger charge is -2.41. The van der Waals surface area contributed by atoms with Gasteiger partial charge in [0.15, 0.2) is 17.1 Å². The second-order valence-corrected chi connectivity index (χ2v) is 8.98. The smallest absolute Gasteiger partial charge is 0.417 e. The molecule has 0 saturated carbocycles. The molecular weight excluding hydrogens is 458 g/mol. The van der Waals surface area contributed by atoms with Gasteiger partial charge < -0.3 is 18.5 Å². The summed E-state index contributed by atoms with van der Waals surface area (Å²) in [7, 11) is -4.03. The van der Waals surface area contributed by atoms with Crippen LogP contribution in [0.15, 0.2) is 18.3 Å². The summed E-state index contributed by atoms with van der Waals surface area (Å²) in [6, 6.07) is 1.94. The topological polar surface area (TPSA) is 138 Å². The average molecular weight is 479 g/mol. The molecular formula is C17H21F3N5O6P. The number of nitrogens with zero attached hydrogens (tertiary/aromatic N) is 4. The minimum absolute atomic E-state index is 0.0119. The van der Waals surface area contributed by atoms with Crippen LogP contribution in [-0.2, 0) is 46.1 Å². The van der Waals surface area contributed by atoms with Gasteiger partial charge in [-0.2, -0.15) is 18.4 Å². The van der Waals surface area contributed by atoms with E-state index in [9.17, 15) is 22.5 Å². The molecule has 11 nitrogen and oxygen atoms in total. The Balaban J connectivity index is 1.89. The maximum absolute atomic E-state index is 13.4. The average Bonchev–Trinajstić information content (AvgIpc) is 3.22. The van der Waals surface area contributed by atoms with Gasteiger partial charge in [0.25, 0.3) is 0 Å². The van der Waals surface area contributed by atoms with Crippen molar-refractivity contribution in [3.63, 3.8) is 0 Å². The maximum Gasteiger partial charge on any atom is 0.417 e. The first-order chi connectivity index (χ1) is 15.1.